The number of benzene rings is 1. The lowest BCUT2D eigenvalue weighted by Crippen LogP contribution is -2.57. The molecule has 5 atom stereocenters. The number of hydrogen-bond acceptors (Lipinski definition) is 13. The van der Waals surface area contributed by atoms with Crippen LogP contribution in [0.25, 0.3) is 21.7 Å². The second kappa shape index (κ2) is 28.7. The van der Waals surface area contributed by atoms with Gasteiger partial charge in [-0.1, -0.05) is 102 Å². The first-order valence-electron chi connectivity index (χ1n) is 29.7. The Hall–Kier alpha value is -7.38. The van der Waals surface area contributed by atoms with Gasteiger partial charge in [0.2, 0.25) is 29.6 Å². The van der Waals surface area contributed by atoms with Gasteiger partial charge >= 0.3 is 0 Å². The number of amides is 5. The van der Waals surface area contributed by atoms with Gasteiger partial charge in [0, 0.05) is 92.6 Å². The summed E-state index contributed by atoms with van der Waals surface area (Å²) in [6.45, 7) is 17.2. The van der Waals surface area contributed by atoms with Gasteiger partial charge in [0.05, 0.1) is 46.2 Å². The van der Waals surface area contributed by atoms with Crippen molar-refractivity contribution >= 4 is 52.5 Å². The Morgan fingerprint density at radius 2 is 1.49 bits per heavy atom. The highest BCUT2D eigenvalue weighted by Crippen LogP contribution is 2.32. The summed E-state index contributed by atoms with van der Waals surface area (Å²) in [6, 6.07) is 17.6. The molecule has 7 heterocycles. The number of nitrogens with zero attached hydrogens (tertiary/aromatic N) is 8. The van der Waals surface area contributed by atoms with Gasteiger partial charge in [0.15, 0.2) is 0 Å². The van der Waals surface area contributed by atoms with Gasteiger partial charge in [-0.05, 0) is 99.9 Å². The zero-order chi connectivity index (χ0) is 59.2. The van der Waals surface area contributed by atoms with Crippen LogP contribution < -0.4 is 21.3 Å². The van der Waals surface area contributed by atoms with E-state index < -0.39 is 23.6 Å². The molecule has 2 aliphatic rings. The molecule has 8 rings (SSSR count). The second-order valence-corrected chi connectivity index (χ2v) is 24.6. The number of β-amino-alcohol motifs (C(OH)–C–C–N with tert-alkyl or cyclic N) is 1. The third-order valence-electron chi connectivity index (χ3n) is 15.8. The van der Waals surface area contributed by atoms with E-state index >= 15 is 0 Å². The molecule has 0 radical (unpaired) electrons. The van der Waals surface area contributed by atoms with E-state index in [1.54, 1.807) is 23.7 Å². The number of fused-ring (bicyclic) bond motifs is 1. The number of thiazole rings is 1. The highest BCUT2D eigenvalue weighted by atomic mass is 32.1. The summed E-state index contributed by atoms with van der Waals surface area (Å²) in [6.07, 6.45) is 16.2. The Kier molecular flexibility index (Phi) is 21.4. The number of aliphatic hydroxyl groups is 1. The zero-order valence-electron chi connectivity index (χ0n) is 49.7. The number of nitrogens with one attached hydrogen (secondary N) is 4. The van der Waals surface area contributed by atoms with Crippen LogP contribution in [0.4, 0.5) is 11.6 Å². The fraction of sp³-hybridized carbons (Fsp3) is 0.500. The number of pyridine rings is 2. The number of carbonyl (C=O) groups is 5. The topological polar surface area (TPSA) is 230 Å². The summed E-state index contributed by atoms with van der Waals surface area (Å²) in [5.74, 6) is -0.451. The number of hydrogen-bond donors (Lipinski definition) is 5. The number of carbonyl (C=O) groups excluding carboxylic acids is 5. The molecule has 0 bridgehead atoms. The average molecular weight is 1150 g/mol. The van der Waals surface area contributed by atoms with Crippen LogP contribution in [0.2, 0.25) is 0 Å². The van der Waals surface area contributed by atoms with Gasteiger partial charge in [-0.2, -0.15) is 0 Å². The summed E-state index contributed by atoms with van der Waals surface area (Å²) in [5, 5.41) is 23.1. The van der Waals surface area contributed by atoms with Crippen LogP contribution in [-0.2, 0) is 38.7 Å². The Morgan fingerprint density at radius 1 is 0.795 bits per heavy atom. The van der Waals surface area contributed by atoms with Crippen molar-refractivity contribution in [2.75, 3.05) is 18.4 Å². The number of aromatic nitrogens is 6. The minimum atomic E-state index is -0.857. The highest BCUT2D eigenvalue weighted by Gasteiger charge is 2.45. The number of aliphatic hydroxyl groups excluding tert-OH is 1. The Morgan fingerprint density at radius 3 is 2.17 bits per heavy atom. The number of likely N-dealkylation sites (tertiary alicyclic amines) is 1. The summed E-state index contributed by atoms with van der Waals surface area (Å²) in [5.41, 5.74) is 10.7. The van der Waals surface area contributed by atoms with Gasteiger partial charge in [-0.25, -0.2) is 15.0 Å². The molecule has 83 heavy (non-hydrogen) atoms. The van der Waals surface area contributed by atoms with Crippen LogP contribution in [0.3, 0.4) is 0 Å². The molecule has 442 valence electrons. The molecule has 18 nitrogen and oxygen atoms in total. The van der Waals surface area contributed by atoms with Crippen molar-refractivity contribution < 1.29 is 29.1 Å². The molecule has 1 saturated heterocycles. The van der Waals surface area contributed by atoms with Gasteiger partial charge in [0.1, 0.15) is 17.8 Å². The number of aryl methyl sites for hydroxylation is 3. The molecular formula is C64H84N12O6S. The predicted octanol–water partition coefficient (Wildman–Crippen LogP) is 10.3. The molecule has 1 aromatic carbocycles. The summed E-state index contributed by atoms with van der Waals surface area (Å²) in [4.78, 5) is 94.8. The van der Waals surface area contributed by atoms with Gasteiger partial charge < -0.3 is 40.7 Å². The number of rotatable bonds is 27. The third kappa shape index (κ3) is 16.9. The van der Waals surface area contributed by atoms with Crippen LogP contribution in [0.5, 0.6) is 0 Å². The van der Waals surface area contributed by atoms with Crippen molar-refractivity contribution in [3.8, 4) is 21.7 Å². The first kappa shape index (κ1) is 61.7. The van der Waals surface area contributed by atoms with E-state index in [9.17, 15) is 29.1 Å². The SMILES string of the molecule is Cc1cccc(CN2C(=O)c3cc(-c4nc(Nc5ccnc(CCNC(=O)CCCCCCCCCCCCC(=O)NC(C(=O)N6CC(O)CC6C(=O)NC(C)c6ccc(-c7scnc7C)cc6)C(C)(C)C)c5)ncc4C)cn3CC2C)n1. The summed E-state index contributed by atoms with van der Waals surface area (Å²) in [7, 11) is 0. The third-order valence-corrected chi connectivity index (χ3v) is 16.8. The van der Waals surface area contributed by atoms with Crippen molar-refractivity contribution in [1.82, 2.24) is 55.2 Å². The number of anilines is 2. The molecule has 2 aliphatic heterocycles. The molecule has 5 amide bonds. The molecule has 1 fully saturated rings. The minimum absolute atomic E-state index is 0.00166. The van der Waals surface area contributed by atoms with E-state index in [-0.39, 0.29) is 54.6 Å². The fourth-order valence-electron chi connectivity index (χ4n) is 11.1. The van der Waals surface area contributed by atoms with Crippen LogP contribution >= 0.6 is 11.3 Å². The highest BCUT2D eigenvalue weighted by molar-refractivity contribution is 7.13. The van der Waals surface area contributed by atoms with Gasteiger partial charge in [-0.15, -0.1) is 11.3 Å². The predicted molar refractivity (Wildman–Crippen MR) is 324 cm³/mol. The number of unbranched alkanes of at least 4 members (excludes halogenated alkanes) is 9. The quantitative estimate of drug-likeness (QED) is 0.0304. The molecule has 6 aromatic rings. The standard InChI is InChI=1S/C64H84N12O6S/c1-41-35-67-63(73-57(41)48-32-54-61(81)75(43(3)36-74(54)37-48)38-51-21-19-20-42(2)69-51)71-50-29-30-65-49(33-50)28-31-66-55(78)22-17-15-13-11-9-10-12-14-16-18-23-56(79)72-59(64(6,7)8)62(82)76-39-52(77)34-53(76)60(80)70-44(4)46-24-26-47(27-25-46)58-45(5)68-40-83-58/h19-21,24-27,29-30,32-33,35,37,40,43-44,52-53,59,77H,9-18,22-23,28,31,34,36,38-39H2,1-8H3,(H,66,78)(H,70,80)(H,72,79)(H,65,67,71,73). The smallest absolute Gasteiger partial charge is 0.271 e. The molecule has 5 aromatic heterocycles. The van der Waals surface area contributed by atoms with E-state index in [0.717, 1.165) is 125 Å². The minimum Gasteiger partial charge on any atom is -0.391 e. The van der Waals surface area contributed by atoms with Crippen molar-refractivity contribution in [3.05, 3.63) is 124 Å². The second-order valence-electron chi connectivity index (χ2n) is 23.7. The first-order chi connectivity index (χ1) is 39.8. The van der Waals surface area contributed by atoms with Crippen molar-refractivity contribution in [1.29, 1.82) is 0 Å². The van der Waals surface area contributed by atoms with Gasteiger partial charge in [0.25, 0.3) is 5.91 Å². The van der Waals surface area contributed by atoms with Crippen LogP contribution in [0, 0.1) is 26.2 Å². The molecule has 5 unspecified atom stereocenters. The summed E-state index contributed by atoms with van der Waals surface area (Å²) < 4.78 is 2.02. The lowest BCUT2D eigenvalue weighted by Gasteiger charge is -2.35. The van der Waals surface area contributed by atoms with Crippen LogP contribution in [0.15, 0.2) is 84.8 Å². The van der Waals surface area contributed by atoms with Crippen LogP contribution in [-0.4, -0.2) is 111 Å². The van der Waals surface area contributed by atoms with E-state index in [2.05, 4.69) is 48.1 Å². The van der Waals surface area contributed by atoms with E-state index in [0.29, 0.717) is 50.5 Å². The van der Waals surface area contributed by atoms with Crippen molar-refractivity contribution in [2.45, 2.75) is 189 Å². The molecule has 0 spiro atoms. The van der Waals surface area contributed by atoms with E-state index in [1.165, 1.54) is 4.90 Å². The lowest BCUT2D eigenvalue weighted by atomic mass is 9.85. The molecule has 5 N–H and O–H groups in total. The maximum Gasteiger partial charge on any atom is 0.271 e. The zero-order valence-corrected chi connectivity index (χ0v) is 50.5. The maximum absolute atomic E-state index is 14.1. The monoisotopic (exact) mass is 1150 g/mol. The van der Waals surface area contributed by atoms with Crippen molar-refractivity contribution in [2.24, 2.45) is 5.41 Å². The first-order valence-corrected chi connectivity index (χ1v) is 30.5. The van der Waals surface area contributed by atoms with Gasteiger partial charge in [-0.3, -0.25) is 33.9 Å². The van der Waals surface area contributed by atoms with E-state index in [1.807, 2.05) is 130 Å². The largest absolute Gasteiger partial charge is 0.391 e. The maximum atomic E-state index is 14.1. The lowest BCUT2D eigenvalue weighted by molar-refractivity contribution is -0.144. The molecular weight excluding hydrogens is 1060 g/mol. The Labute approximate surface area is 493 Å². The van der Waals surface area contributed by atoms with Crippen molar-refractivity contribution in [3.63, 3.8) is 0 Å². The molecule has 0 aliphatic carbocycles. The Balaban J connectivity index is 0.669. The fourth-order valence-corrected chi connectivity index (χ4v) is 11.9. The average Bonchev–Trinajstić information content (AvgIpc) is 3.20. The summed E-state index contributed by atoms with van der Waals surface area (Å²) >= 11 is 1.58. The Bertz CT molecular complexity index is 3190. The molecule has 0 saturated carbocycles. The van der Waals surface area contributed by atoms with Crippen LogP contribution in [0.1, 0.15) is 169 Å². The molecule has 19 heteroatoms. The normalized spacial score (nSPS) is 16.8. The van der Waals surface area contributed by atoms with E-state index in [4.69, 9.17) is 4.98 Å².